The molecule has 2 aromatic rings. The van der Waals surface area contributed by atoms with Gasteiger partial charge in [-0.3, -0.25) is 4.79 Å². The standard InChI is InChI=1S/C25H34N2O2/c1-3-29-20-25(14-13-22-7-5-4-6-8-22)15-17-27(18-16-25)24-11-9-23(10-12-24)19-26-21(2)28/h4-12H,3,13-20H2,1-2H3,(H,26,28). The summed E-state index contributed by atoms with van der Waals surface area (Å²) < 4.78 is 5.91. The van der Waals surface area contributed by atoms with E-state index in [2.05, 4.69) is 71.7 Å². The Bertz CT molecular complexity index is 750. The maximum Gasteiger partial charge on any atom is 0.217 e. The van der Waals surface area contributed by atoms with Gasteiger partial charge >= 0.3 is 0 Å². The molecule has 1 amide bonds. The topological polar surface area (TPSA) is 41.6 Å². The van der Waals surface area contributed by atoms with Crippen LogP contribution in [0, 0.1) is 5.41 Å². The van der Waals surface area contributed by atoms with Crippen LogP contribution in [0.2, 0.25) is 0 Å². The zero-order valence-electron chi connectivity index (χ0n) is 17.8. The first-order chi connectivity index (χ1) is 14.1. The van der Waals surface area contributed by atoms with Gasteiger partial charge in [-0.2, -0.15) is 0 Å². The first-order valence-corrected chi connectivity index (χ1v) is 10.8. The highest BCUT2D eigenvalue weighted by molar-refractivity contribution is 5.72. The maximum atomic E-state index is 11.1. The van der Waals surface area contributed by atoms with E-state index in [1.54, 1.807) is 6.92 Å². The molecule has 156 valence electrons. The van der Waals surface area contributed by atoms with Crippen molar-refractivity contribution in [3.63, 3.8) is 0 Å². The lowest BCUT2D eigenvalue weighted by Crippen LogP contribution is -2.43. The summed E-state index contributed by atoms with van der Waals surface area (Å²) in [6.07, 6.45) is 4.62. The Hall–Kier alpha value is -2.33. The SMILES string of the molecule is CCOCC1(CCc2ccccc2)CCN(c2ccc(CNC(C)=O)cc2)CC1. The molecule has 1 aliphatic heterocycles. The van der Waals surface area contributed by atoms with Gasteiger partial charge in [-0.1, -0.05) is 42.5 Å². The van der Waals surface area contributed by atoms with Crippen LogP contribution >= 0.6 is 0 Å². The molecule has 0 spiro atoms. The van der Waals surface area contributed by atoms with Gasteiger partial charge in [-0.05, 0) is 61.3 Å². The third-order valence-corrected chi connectivity index (χ3v) is 6.07. The lowest BCUT2D eigenvalue weighted by atomic mass is 9.74. The molecule has 1 fully saturated rings. The van der Waals surface area contributed by atoms with E-state index in [-0.39, 0.29) is 11.3 Å². The largest absolute Gasteiger partial charge is 0.381 e. The number of piperidine rings is 1. The molecule has 1 heterocycles. The molecule has 0 saturated carbocycles. The molecule has 4 heteroatoms. The highest BCUT2D eigenvalue weighted by atomic mass is 16.5. The molecule has 1 saturated heterocycles. The van der Waals surface area contributed by atoms with E-state index in [1.807, 2.05) is 0 Å². The predicted molar refractivity (Wildman–Crippen MR) is 119 cm³/mol. The van der Waals surface area contributed by atoms with Gasteiger partial charge in [0.25, 0.3) is 0 Å². The Kier molecular flexibility index (Phi) is 7.70. The zero-order valence-corrected chi connectivity index (χ0v) is 17.8. The van der Waals surface area contributed by atoms with Crippen molar-refractivity contribution < 1.29 is 9.53 Å². The molecule has 0 radical (unpaired) electrons. The molecule has 0 atom stereocenters. The summed E-state index contributed by atoms with van der Waals surface area (Å²) in [4.78, 5) is 13.6. The molecule has 1 N–H and O–H groups in total. The number of ether oxygens (including phenoxy) is 1. The van der Waals surface area contributed by atoms with Gasteiger partial charge in [-0.15, -0.1) is 0 Å². The molecular formula is C25H34N2O2. The molecule has 4 nitrogen and oxygen atoms in total. The van der Waals surface area contributed by atoms with E-state index in [4.69, 9.17) is 4.74 Å². The minimum absolute atomic E-state index is 0.00578. The summed E-state index contributed by atoms with van der Waals surface area (Å²) in [6, 6.07) is 19.4. The Labute approximate surface area is 175 Å². The number of hydrogen-bond donors (Lipinski definition) is 1. The fourth-order valence-corrected chi connectivity index (χ4v) is 4.13. The summed E-state index contributed by atoms with van der Waals surface area (Å²) in [5.74, 6) is 0.00578. The fourth-order valence-electron chi connectivity index (χ4n) is 4.13. The molecule has 2 aromatic carbocycles. The van der Waals surface area contributed by atoms with E-state index in [9.17, 15) is 4.79 Å². The second-order valence-corrected chi connectivity index (χ2v) is 8.19. The van der Waals surface area contributed by atoms with Gasteiger partial charge in [0.1, 0.15) is 0 Å². The van der Waals surface area contributed by atoms with Crippen LogP contribution in [0.5, 0.6) is 0 Å². The van der Waals surface area contributed by atoms with E-state index < -0.39 is 0 Å². The number of carbonyl (C=O) groups is 1. The third-order valence-electron chi connectivity index (χ3n) is 6.07. The molecule has 0 aromatic heterocycles. The lowest BCUT2D eigenvalue weighted by Gasteiger charge is -2.43. The number of benzene rings is 2. The number of carbonyl (C=O) groups excluding carboxylic acids is 1. The summed E-state index contributed by atoms with van der Waals surface area (Å²) in [7, 11) is 0. The van der Waals surface area contributed by atoms with E-state index in [0.29, 0.717) is 6.54 Å². The Morgan fingerprint density at radius 3 is 2.34 bits per heavy atom. The van der Waals surface area contributed by atoms with Gasteiger partial charge < -0.3 is 15.0 Å². The van der Waals surface area contributed by atoms with Gasteiger partial charge in [0, 0.05) is 38.9 Å². The normalized spacial score (nSPS) is 15.9. The highest BCUT2D eigenvalue weighted by Gasteiger charge is 2.34. The lowest BCUT2D eigenvalue weighted by molar-refractivity contribution is -0.119. The van der Waals surface area contributed by atoms with Crippen LogP contribution < -0.4 is 10.2 Å². The summed E-state index contributed by atoms with van der Waals surface area (Å²) in [5.41, 5.74) is 4.09. The van der Waals surface area contributed by atoms with E-state index >= 15 is 0 Å². The highest BCUT2D eigenvalue weighted by Crippen LogP contribution is 2.38. The van der Waals surface area contributed by atoms with Crippen LogP contribution in [0.3, 0.4) is 0 Å². The number of hydrogen-bond acceptors (Lipinski definition) is 3. The maximum absolute atomic E-state index is 11.1. The second-order valence-electron chi connectivity index (χ2n) is 8.19. The first-order valence-electron chi connectivity index (χ1n) is 10.8. The van der Waals surface area contributed by atoms with Crippen LogP contribution in [0.1, 0.15) is 44.2 Å². The number of anilines is 1. The molecule has 0 bridgehead atoms. The van der Waals surface area contributed by atoms with E-state index in [0.717, 1.165) is 51.1 Å². The minimum atomic E-state index is 0.00578. The summed E-state index contributed by atoms with van der Waals surface area (Å²) >= 11 is 0. The minimum Gasteiger partial charge on any atom is -0.381 e. The van der Waals surface area contributed by atoms with Gasteiger partial charge in [0.2, 0.25) is 5.91 Å². The average molecular weight is 395 g/mol. The smallest absolute Gasteiger partial charge is 0.217 e. The quantitative estimate of drug-likeness (QED) is 0.677. The van der Waals surface area contributed by atoms with Crippen LogP contribution in [0.4, 0.5) is 5.69 Å². The molecule has 29 heavy (non-hydrogen) atoms. The van der Waals surface area contributed by atoms with Crippen LogP contribution in [0.15, 0.2) is 54.6 Å². The number of rotatable bonds is 9. The fraction of sp³-hybridized carbons (Fsp3) is 0.480. The molecule has 0 unspecified atom stereocenters. The average Bonchev–Trinajstić information content (AvgIpc) is 2.77. The number of aryl methyl sites for hydroxylation is 1. The zero-order chi connectivity index (χ0) is 20.5. The molecule has 0 aliphatic carbocycles. The van der Waals surface area contributed by atoms with Crippen molar-refractivity contribution in [2.24, 2.45) is 5.41 Å². The number of nitrogens with one attached hydrogen (secondary N) is 1. The monoisotopic (exact) mass is 394 g/mol. The van der Waals surface area contributed by atoms with Gasteiger partial charge in [0.15, 0.2) is 0 Å². The van der Waals surface area contributed by atoms with Crippen LogP contribution in [0.25, 0.3) is 0 Å². The van der Waals surface area contributed by atoms with Gasteiger partial charge in [0.05, 0.1) is 6.61 Å². The van der Waals surface area contributed by atoms with Gasteiger partial charge in [-0.25, -0.2) is 0 Å². The number of amides is 1. The first kappa shape index (κ1) is 21.4. The van der Waals surface area contributed by atoms with Crippen molar-refractivity contribution in [2.45, 2.75) is 46.1 Å². The van der Waals surface area contributed by atoms with Crippen molar-refractivity contribution in [1.82, 2.24) is 5.32 Å². The van der Waals surface area contributed by atoms with Crippen molar-refractivity contribution >= 4 is 11.6 Å². The van der Waals surface area contributed by atoms with Crippen molar-refractivity contribution in [3.05, 3.63) is 65.7 Å². The Balaban J connectivity index is 1.58. The third kappa shape index (κ3) is 6.33. The summed E-state index contributed by atoms with van der Waals surface area (Å²) in [6.45, 7) is 8.00. The van der Waals surface area contributed by atoms with E-state index in [1.165, 1.54) is 17.7 Å². The van der Waals surface area contributed by atoms with Crippen molar-refractivity contribution in [2.75, 3.05) is 31.2 Å². The predicted octanol–water partition coefficient (Wildman–Crippen LogP) is 4.58. The van der Waals surface area contributed by atoms with Crippen molar-refractivity contribution in [1.29, 1.82) is 0 Å². The Morgan fingerprint density at radius 2 is 1.72 bits per heavy atom. The molecular weight excluding hydrogens is 360 g/mol. The van der Waals surface area contributed by atoms with Crippen molar-refractivity contribution in [3.8, 4) is 0 Å². The van der Waals surface area contributed by atoms with Crippen LogP contribution in [-0.2, 0) is 22.5 Å². The Morgan fingerprint density at radius 1 is 1.03 bits per heavy atom. The second kappa shape index (κ2) is 10.4. The van der Waals surface area contributed by atoms with Crippen LogP contribution in [-0.4, -0.2) is 32.2 Å². The summed E-state index contributed by atoms with van der Waals surface area (Å²) in [5, 5.41) is 2.85. The molecule has 3 rings (SSSR count). The number of nitrogens with zero attached hydrogens (tertiary/aromatic N) is 1. The molecule has 1 aliphatic rings.